The molecular formula is C24H21N5O3S. The highest BCUT2D eigenvalue weighted by molar-refractivity contribution is 7.99. The molecular weight excluding hydrogens is 438 g/mol. The fourth-order valence-corrected chi connectivity index (χ4v) is 3.68. The minimum atomic E-state index is -0.309. The van der Waals surface area contributed by atoms with Crippen molar-refractivity contribution < 1.29 is 14.6 Å². The number of phenols is 1. The number of phenolic OH excluding ortho intramolecular Hbond substituents is 1. The predicted octanol–water partition coefficient (Wildman–Crippen LogP) is 3.79. The van der Waals surface area contributed by atoms with Crippen LogP contribution >= 0.6 is 11.8 Å². The lowest BCUT2D eigenvalue weighted by Gasteiger charge is -2.11. The molecule has 3 aromatic carbocycles. The molecule has 0 aliphatic rings. The lowest BCUT2D eigenvalue weighted by Crippen LogP contribution is -2.20. The third-order valence-corrected chi connectivity index (χ3v) is 5.42. The maximum absolute atomic E-state index is 12.3. The van der Waals surface area contributed by atoms with Crippen LogP contribution in [-0.4, -0.2) is 37.7 Å². The number of thioether (sulfide) groups is 1. The number of nitrogens with one attached hydrogen (secondary N) is 1. The van der Waals surface area contributed by atoms with Gasteiger partial charge < -0.3 is 9.84 Å². The van der Waals surface area contributed by atoms with E-state index in [2.05, 4.69) is 20.7 Å². The van der Waals surface area contributed by atoms with Crippen molar-refractivity contribution in [3.8, 4) is 17.2 Å². The smallest absolute Gasteiger partial charge is 0.250 e. The summed E-state index contributed by atoms with van der Waals surface area (Å²) < 4.78 is 7.71. The molecule has 0 saturated heterocycles. The summed E-state index contributed by atoms with van der Waals surface area (Å²) in [6.45, 7) is 0.226. The van der Waals surface area contributed by atoms with Crippen LogP contribution in [0.5, 0.6) is 11.5 Å². The largest absolute Gasteiger partial charge is 0.507 e. The summed E-state index contributed by atoms with van der Waals surface area (Å²) in [5.41, 5.74) is 3.84. The summed E-state index contributed by atoms with van der Waals surface area (Å²) in [5.74, 6) is 1.21. The standard InChI is InChI=1S/C24H21N5O3S/c30-21-14-8-7-9-18(21)15-25-27-23(31)17-33-24-28-26-22(16-32-20-12-5-2-6-13-20)29(24)19-10-3-1-4-11-19/h1-15,30H,16-17H2,(H,27,31)/b25-15+. The highest BCUT2D eigenvalue weighted by atomic mass is 32.2. The zero-order chi connectivity index (χ0) is 22.9. The Kier molecular flexibility index (Phi) is 7.34. The molecule has 166 valence electrons. The van der Waals surface area contributed by atoms with Gasteiger partial charge in [0, 0.05) is 11.3 Å². The van der Waals surface area contributed by atoms with E-state index in [1.54, 1.807) is 24.3 Å². The second-order valence-corrected chi connectivity index (χ2v) is 7.75. The number of para-hydroxylation sites is 3. The molecule has 0 fully saturated rings. The fourth-order valence-electron chi connectivity index (χ4n) is 2.92. The molecule has 0 spiro atoms. The van der Waals surface area contributed by atoms with Gasteiger partial charge in [-0.15, -0.1) is 10.2 Å². The molecule has 33 heavy (non-hydrogen) atoms. The monoisotopic (exact) mass is 459 g/mol. The number of hydrogen-bond acceptors (Lipinski definition) is 7. The summed E-state index contributed by atoms with van der Waals surface area (Å²) in [5, 5.41) is 22.8. The molecule has 0 bridgehead atoms. The zero-order valence-corrected chi connectivity index (χ0v) is 18.4. The van der Waals surface area contributed by atoms with Crippen molar-refractivity contribution in [3.05, 3.63) is 96.3 Å². The van der Waals surface area contributed by atoms with Crippen molar-refractivity contribution in [2.75, 3.05) is 5.75 Å². The summed E-state index contributed by atoms with van der Waals surface area (Å²) in [6.07, 6.45) is 1.39. The summed E-state index contributed by atoms with van der Waals surface area (Å²) >= 11 is 1.24. The SMILES string of the molecule is O=C(CSc1nnc(COc2ccccc2)n1-c1ccccc1)N/N=C/c1ccccc1O. The van der Waals surface area contributed by atoms with Crippen LogP contribution in [0.1, 0.15) is 11.4 Å². The molecule has 0 atom stereocenters. The molecule has 0 saturated carbocycles. The Bertz CT molecular complexity index is 1230. The fraction of sp³-hybridized carbons (Fsp3) is 0.0833. The van der Waals surface area contributed by atoms with Crippen molar-refractivity contribution in [2.24, 2.45) is 5.10 Å². The number of aromatic hydroxyl groups is 1. The van der Waals surface area contributed by atoms with Crippen molar-refractivity contribution in [2.45, 2.75) is 11.8 Å². The highest BCUT2D eigenvalue weighted by Gasteiger charge is 2.16. The van der Waals surface area contributed by atoms with Crippen LogP contribution in [0, 0.1) is 0 Å². The Morgan fingerprint density at radius 2 is 1.70 bits per heavy atom. The predicted molar refractivity (Wildman–Crippen MR) is 127 cm³/mol. The summed E-state index contributed by atoms with van der Waals surface area (Å²) in [6, 6.07) is 25.9. The van der Waals surface area contributed by atoms with Crippen LogP contribution in [0.3, 0.4) is 0 Å². The first-order chi connectivity index (χ1) is 16.2. The molecule has 4 aromatic rings. The van der Waals surface area contributed by atoms with Crippen LogP contribution in [0.25, 0.3) is 5.69 Å². The van der Waals surface area contributed by atoms with Crippen molar-refractivity contribution in [1.29, 1.82) is 0 Å². The number of rotatable bonds is 9. The first-order valence-corrected chi connectivity index (χ1v) is 11.1. The van der Waals surface area contributed by atoms with E-state index >= 15 is 0 Å². The number of carbonyl (C=O) groups excluding carboxylic acids is 1. The van der Waals surface area contributed by atoms with Crippen LogP contribution in [-0.2, 0) is 11.4 Å². The highest BCUT2D eigenvalue weighted by Crippen LogP contribution is 2.23. The maximum atomic E-state index is 12.3. The quantitative estimate of drug-likeness (QED) is 0.224. The van der Waals surface area contributed by atoms with Crippen molar-refractivity contribution in [3.63, 3.8) is 0 Å². The molecule has 2 N–H and O–H groups in total. The Morgan fingerprint density at radius 1 is 1.00 bits per heavy atom. The van der Waals surface area contributed by atoms with Gasteiger partial charge in [0.25, 0.3) is 5.91 Å². The van der Waals surface area contributed by atoms with E-state index in [1.807, 2.05) is 65.2 Å². The topological polar surface area (TPSA) is 102 Å². The van der Waals surface area contributed by atoms with Crippen LogP contribution in [0.2, 0.25) is 0 Å². The number of amides is 1. The summed E-state index contributed by atoms with van der Waals surface area (Å²) in [7, 11) is 0. The zero-order valence-electron chi connectivity index (χ0n) is 17.5. The second kappa shape index (κ2) is 11.0. The average molecular weight is 460 g/mol. The Morgan fingerprint density at radius 3 is 2.45 bits per heavy atom. The number of hydrogen-bond donors (Lipinski definition) is 2. The number of nitrogens with zero attached hydrogens (tertiary/aromatic N) is 4. The molecule has 9 heteroatoms. The Balaban J connectivity index is 1.43. The number of hydrazone groups is 1. The van der Waals surface area contributed by atoms with Gasteiger partial charge in [0.05, 0.1) is 12.0 Å². The summed E-state index contributed by atoms with van der Waals surface area (Å²) in [4.78, 5) is 12.3. The van der Waals surface area contributed by atoms with E-state index in [9.17, 15) is 9.90 Å². The average Bonchev–Trinajstić information content (AvgIpc) is 3.26. The minimum absolute atomic E-state index is 0.0859. The Labute approximate surface area is 194 Å². The normalized spacial score (nSPS) is 10.9. The number of benzene rings is 3. The van der Waals surface area contributed by atoms with Gasteiger partial charge in [-0.05, 0) is 36.4 Å². The molecule has 1 heterocycles. The van der Waals surface area contributed by atoms with E-state index in [0.717, 1.165) is 11.4 Å². The molecule has 4 rings (SSSR count). The maximum Gasteiger partial charge on any atom is 0.250 e. The minimum Gasteiger partial charge on any atom is -0.507 e. The first kappa shape index (κ1) is 22.1. The van der Waals surface area contributed by atoms with E-state index in [-0.39, 0.29) is 24.0 Å². The van der Waals surface area contributed by atoms with Crippen molar-refractivity contribution >= 4 is 23.9 Å². The molecule has 0 radical (unpaired) electrons. The Hall–Kier alpha value is -4.11. The van der Waals surface area contributed by atoms with Gasteiger partial charge >= 0.3 is 0 Å². The van der Waals surface area contributed by atoms with Gasteiger partial charge in [0.1, 0.15) is 18.1 Å². The molecule has 1 aromatic heterocycles. The van der Waals surface area contributed by atoms with Crippen LogP contribution in [0.15, 0.2) is 95.2 Å². The van der Waals surface area contributed by atoms with E-state index < -0.39 is 0 Å². The molecule has 0 unspecified atom stereocenters. The third kappa shape index (κ3) is 5.98. The van der Waals surface area contributed by atoms with E-state index in [4.69, 9.17) is 4.74 Å². The van der Waals surface area contributed by atoms with E-state index in [1.165, 1.54) is 18.0 Å². The molecule has 8 nitrogen and oxygen atoms in total. The van der Waals surface area contributed by atoms with Gasteiger partial charge in [-0.2, -0.15) is 5.10 Å². The van der Waals surface area contributed by atoms with Crippen LogP contribution in [0.4, 0.5) is 0 Å². The number of carbonyl (C=O) groups is 1. The van der Waals surface area contributed by atoms with E-state index in [0.29, 0.717) is 16.5 Å². The lowest BCUT2D eigenvalue weighted by atomic mass is 10.2. The van der Waals surface area contributed by atoms with Crippen LogP contribution < -0.4 is 10.2 Å². The molecule has 1 amide bonds. The number of aromatic nitrogens is 3. The van der Waals surface area contributed by atoms with Gasteiger partial charge in [-0.3, -0.25) is 9.36 Å². The molecule has 0 aliphatic carbocycles. The first-order valence-electron chi connectivity index (χ1n) is 10.1. The number of ether oxygens (including phenoxy) is 1. The van der Waals surface area contributed by atoms with Gasteiger partial charge in [0.15, 0.2) is 11.0 Å². The molecule has 0 aliphatic heterocycles. The van der Waals surface area contributed by atoms with Gasteiger partial charge in [-0.1, -0.05) is 60.3 Å². The second-order valence-electron chi connectivity index (χ2n) is 6.81. The third-order valence-electron chi connectivity index (χ3n) is 4.49. The lowest BCUT2D eigenvalue weighted by molar-refractivity contribution is -0.118. The van der Waals surface area contributed by atoms with Crippen molar-refractivity contribution in [1.82, 2.24) is 20.2 Å². The van der Waals surface area contributed by atoms with Gasteiger partial charge in [-0.25, -0.2) is 5.43 Å². The van der Waals surface area contributed by atoms with Gasteiger partial charge in [0.2, 0.25) is 0 Å².